The lowest BCUT2D eigenvalue weighted by Gasteiger charge is -2.33. The molecule has 158 valence electrons. The van der Waals surface area contributed by atoms with E-state index < -0.39 is 12.0 Å². The van der Waals surface area contributed by atoms with Gasteiger partial charge in [0.15, 0.2) is 6.10 Å². The number of fused-ring (bicyclic) bond motifs is 1. The number of benzene rings is 2. The van der Waals surface area contributed by atoms with Crippen LogP contribution in [0.3, 0.4) is 0 Å². The van der Waals surface area contributed by atoms with Gasteiger partial charge in [-0.2, -0.15) is 0 Å². The fraction of sp³-hybridized carbons (Fsp3) is 0.440. The minimum absolute atomic E-state index is 0.144. The largest absolute Gasteiger partial charge is 0.273 e. The number of para-hydroxylation sites is 1. The van der Waals surface area contributed by atoms with E-state index in [2.05, 4.69) is 13.8 Å². The van der Waals surface area contributed by atoms with Crippen molar-refractivity contribution in [3.05, 3.63) is 60.2 Å². The second kappa shape index (κ2) is 8.60. The first-order valence-corrected chi connectivity index (χ1v) is 11.0. The van der Waals surface area contributed by atoms with Gasteiger partial charge in [-0.1, -0.05) is 63.4 Å². The maximum Gasteiger partial charge on any atom is 0.266 e. The maximum absolute atomic E-state index is 13.6. The fourth-order valence-corrected chi connectivity index (χ4v) is 4.84. The highest BCUT2D eigenvalue weighted by Crippen LogP contribution is 2.44. The molecule has 4 rings (SSSR count). The first-order chi connectivity index (χ1) is 14.6. The summed E-state index contributed by atoms with van der Waals surface area (Å²) in [6.45, 7) is 6.30. The van der Waals surface area contributed by atoms with E-state index in [4.69, 9.17) is 4.84 Å². The molecule has 0 N–H and O–H groups in total. The highest BCUT2D eigenvalue weighted by Gasteiger charge is 2.61. The van der Waals surface area contributed by atoms with Crippen LogP contribution in [0.15, 0.2) is 54.6 Å². The summed E-state index contributed by atoms with van der Waals surface area (Å²) in [4.78, 5) is 34.5. The lowest BCUT2D eigenvalue weighted by Crippen LogP contribution is -2.44. The number of hydroxylamine groups is 1. The van der Waals surface area contributed by atoms with Gasteiger partial charge in [0.1, 0.15) is 0 Å². The molecule has 2 aliphatic heterocycles. The zero-order valence-corrected chi connectivity index (χ0v) is 18.0. The van der Waals surface area contributed by atoms with Crippen LogP contribution in [0.2, 0.25) is 0 Å². The van der Waals surface area contributed by atoms with Crippen LogP contribution in [0, 0.1) is 18.8 Å². The van der Waals surface area contributed by atoms with Crippen LogP contribution in [0.5, 0.6) is 0 Å². The normalized spacial score (nSPS) is 24.4. The van der Waals surface area contributed by atoms with Gasteiger partial charge in [0.05, 0.1) is 23.3 Å². The Balaban J connectivity index is 1.72. The number of amides is 2. The van der Waals surface area contributed by atoms with E-state index in [0.29, 0.717) is 5.69 Å². The van der Waals surface area contributed by atoms with Crippen molar-refractivity contribution in [3.8, 4) is 0 Å². The van der Waals surface area contributed by atoms with Crippen LogP contribution in [0.25, 0.3) is 0 Å². The Kier molecular flexibility index (Phi) is 5.91. The molecule has 5 heteroatoms. The van der Waals surface area contributed by atoms with Crippen LogP contribution in [0.4, 0.5) is 11.4 Å². The van der Waals surface area contributed by atoms with Crippen molar-refractivity contribution in [3.63, 3.8) is 0 Å². The Morgan fingerprint density at radius 3 is 2.37 bits per heavy atom. The molecule has 0 aromatic heterocycles. The third-order valence-electron chi connectivity index (χ3n) is 6.37. The number of aryl methyl sites for hydroxylation is 1. The zero-order valence-electron chi connectivity index (χ0n) is 18.0. The van der Waals surface area contributed by atoms with Gasteiger partial charge in [-0.3, -0.25) is 14.4 Å². The number of unbranched alkanes of at least 4 members (excludes halogenated alkanes) is 1. The highest BCUT2D eigenvalue weighted by molar-refractivity contribution is 6.23. The number of carbonyl (C=O) groups is 2. The molecule has 0 saturated carbocycles. The molecule has 2 heterocycles. The third kappa shape index (κ3) is 3.52. The summed E-state index contributed by atoms with van der Waals surface area (Å²) in [5, 5.41) is 1.85. The first-order valence-electron chi connectivity index (χ1n) is 11.0. The molecule has 5 nitrogen and oxygen atoms in total. The Morgan fingerprint density at radius 1 is 0.967 bits per heavy atom. The van der Waals surface area contributed by atoms with Crippen molar-refractivity contribution in [2.24, 2.45) is 11.8 Å². The number of hydrogen-bond acceptors (Lipinski definition) is 4. The van der Waals surface area contributed by atoms with Gasteiger partial charge in [0.25, 0.3) is 5.91 Å². The molecule has 2 saturated heterocycles. The number of imide groups is 1. The molecular formula is C25H30N2O3. The molecule has 0 radical (unpaired) electrons. The summed E-state index contributed by atoms with van der Waals surface area (Å²) < 4.78 is 0. The zero-order chi connectivity index (χ0) is 21.3. The van der Waals surface area contributed by atoms with E-state index in [1.165, 1.54) is 4.90 Å². The second-order valence-electron chi connectivity index (χ2n) is 8.37. The molecule has 2 aliphatic rings. The third-order valence-corrected chi connectivity index (χ3v) is 6.37. The Hall–Kier alpha value is -2.66. The predicted octanol–water partition coefficient (Wildman–Crippen LogP) is 4.89. The Morgan fingerprint density at radius 2 is 1.70 bits per heavy atom. The first kappa shape index (κ1) is 20.6. The number of hydrogen-bond donors (Lipinski definition) is 0. The fourth-order valence-electron chi connectivity index (χ4n) is 4.84. The van der Waals surface area contributed by atoms with Gasteiger partial charge in [0.2, 0.25) is 5.91 Å². The van der Waals surface area contributed by atoms with Gasteiger partial charge in [0, 0.05) is 0 Å². The van der Waals surface area contributed by atoms with Crippen LogP contribution < -0.4 is 9.96 Å². The molecule has 0 aliphatic carbocycles. The number of rotatable bonds is 7. The van der Waals surface area contributed by atoms with Crippen LogP contribution >= 0.6 is 0 Å². The lowest BCUT2D eigenvalue weighted by atomic mass is 9.82. The number of carbonyl (C=O) groups excluding carboxylic acids is 2. The van der Waals surface area contributed by atoms with E-state index in [1.54, 1.807) is 0 Å². The summed E-state index contributed by atoms with van der Waals surface area (Å²) in [6.07, 6.45) is 3.38. The van der Waals surface area contributed by atoms with E-state index in [1.807, 2.05) is 66.6 Å². The average Bonchev–Trinajstić information content (AvgIpc) is 3.26. The summed E-state index contributed by atoms with van der Waals surface area (Å²) in [5.41, 5.74) is 2.55. The molecule has 2 fully saturated rings. The molecule has 2 aromatic carbocycles. The van der Waals surface area contributed by atoms with Crippen LogP contribution in [0.1, 0.15) is 45.1 Å². The molecule has 0 unspecified atom stereocenters. The van der Waals surface area contributed by atoms with Gasteiger partial charge in [-0.25, -0.2) is 9.96 Å². The summed E-state index contributed by atoms with van der Waals surface area (Å²) >= 11 is 0. The highest BCUT2D eigenvalue weighted by atomic mass is 16.7. The van der Waals surface area contributed by atoms with Crippen molar-refractivity contribution in [1.82, 2.24) is 0 Å². The monoisotopic (exact) mass is 406 g/mol. The summed E-state index contributed by atoms with van der Waals surface area (Å²) in [6, 6.07) is 17.2. The smallest absolute Gasteiger partial charge is 0.266 e. The van der Waals surface area contributed by atoms with Gasteiger partial charge >= 0.3 is 0 Å². The Bertz CT molecular complexity index is 914. The average molecular weight is 407 g/mol. The van der Waals surface area contributed by atoms with E-state index in [9.17, 15) is 9.59 Å². The standard InChI is InChI=1S/C25H30N2O3/c1-4-6-12-18(5-2)22-21-23(30-27(22)19-13-8-7-9-14-19)25(29)26(24(21)28)20-15-10-11-17(3)16-20/h7-11,13-16,18,21-23H,4-6,12H2,1-3H3/t18-,21-,22+,23-/m1/s1. The van der Waals surface area contributed by atoms with Crippen molar-refractivity contribution < 1.29 is 14.4 Å². The Labute approximate surface area is 178 Å². The topological polar surface area (TPSA) is 49.9 Å². The van der Waals surface area contributed by atoms with E-state index in [-0.39, 0.29) is 23.8 Å². The van der Waals surface area contributed by atoms with E-state index >= 15 is 0 Å². The van der Waals surface area contributed by atoms with Gasteiger partial charge < -0.3 is 0 Å². The molecule has 2 amide bonds. The van der Waals surface area contributed by atoms with Crippen molar-refractivity contribution in [1.29, 1.82) is 0 Å². The minimum Gasteiger partial charge on any atom is -0.273 e. The van der Waals surface area contributed by atoms with Crippen molar-refractivity contribution >= 4 is 23.2 Å². The van der Waals surface area contributed by atoms with E-state index in [0.717, 1.165) is 36.9 Å². The van der Waals surface area contributed by atoms with Gasteiger partial charge in [-0.05, 0) is 49.1 Å². The summed E-state index contributed by atoms with van der Waals surface area (Å²) in [7, 11) is 0. The second-order valence-corrected chi connectivity index (χ2v) is 8.37. The maximum atomic E-state index is 13.6. The van der Waals surface area contributed by atoms with Crippen molar-refractivity contribution in [2.75, 3.05) is 9.96 Å². The molecule has 0 spiro atoms. The number of anilines is 2. The number of nitrogens with zero attached hydrogens (tertiary/aromatic N) is 2. The molecule has 4 atom stereocenters. The molecule has 2 aromatic rings. The minimum atomic E-state index is -0.765. The van der Waals surface area contributed by atoms with Crippen LogP contribution in [-0.4, -0.2) is 24.0 Å². The summed E-state index contributed by atoms with van der Waals surface area (Å²) in [5.74, 6) is -0.618. The van der Waals surface area contributed by atoms with Gasteiger partial charge in [-0.15, -0.1) is 0 Å². The lowest BCUT2D eigenvalue weighted by molar-refractivity contribution is -0.126. The van der Waals surface area contributed by atoms with Crippen molar-refractivity contribution in [2.45, 2.75) is 58.6 Å². The SMILES string of the molecule is CCCC[C@@H](CC)[C@H]1[C@H]2C(=O)N(c3cccc(C)c3)C(=O)[C@@H]2ON1c1ccccc1. The predicted molar refractivity (Wildman–Crippen MR) is 118 cm³/mol. The molecule has 0 bridgehead atoms. The molecule has 30 heavy (non-hydrogen) atoms. The van der Waals surface area contributed by atoms with Crippen LogP contribution in [-0.2, 0) is 14.4 Å². The molecular weight excluding hydrogens is 376 g/mol. The quantitative estimate of drug-likeness (QED) is 0.614.